The highest BCUT2D eigenvalue weighted by Gasteiger charge is 2.18. The first-order valence-electron chi connectivity index (χ1n) is 14.4. The second-order valence-corrected chi connectivity index (χ2v) is 10.8. The van der Waals surface area contributed by atoms with Crippen molar-refractivity contribution in [3.63, 3.8) is 0 Å². The fraction of sp³-hybridized carbons (Fsp3) is 0.500. The molecule has 0 saturated heterocycles. The van der Waals surface area contributed by atoms with Crippen LogP contribution >= 0.6 is 0 Å². The van der Waals surface area contributed by atoms with E-state index in [9.17, 15) is 9.59 Å². The predicted molar refractivity (Wildman–Crippen MR) is 163 cm³/mol. The Bertz CT molecular complexity index is 1320. The first-order chi connectivity index (χ1) is 19.1. The van der Waals surface area contributed by atoms with Gasteiger partial charge >= 0.3 is 0 Å². The third kappa shape index (κ3) is 8.24. The van der Waals surface area contributed by atoms with Crippen LogP contribution in [0.3, 0.4) is 0 Å². The highest BCUT2D eigenvalue weighted by molar-refractivity contribution is 5.97. The van der Waals surface area contributed by atoms with Gasteiger partial charge in [0.05, 0.1) is 19.2 Å². The first kappa shape index (κ1) is 31.0. The van der Waals surface area contributed by atoms with Gasteiger partial charge in [-0.15, -0.1) is 0 Å². The number of aryl methyl sites for hydroxylation is 2. The Morgan fingerprint density at radius 2 is 1.85 bits per heavy atom. The number of H-pyrrole nitrogens is 1. The molecule has 0 atom stereocenters. The lowest BCUT2D eigenvalue weighted by atomic mass is 9.94. The number of carbonyl (C=O) groups is 1. The molecule has 0 unspecified atom stereocenters. The molecular weight excluding hydrogens is 502 g/mol. The summed E-state index contributed by atoms with van der Waals surface area (Å²) in [5.41, 5.74) is 6.11. The highest BCUT2D eigenvalue weighted by atomic mass is 16.5. The predicted octanol–water partition coefficient (Wildman–Crippen LogP) is 5.46. The highest BCUT2D eigenvalue weighted by Crippen LogP contribution is 2.24. The minimum absolute atomic E-state index is 0.167. The quantitative estimate of drug-likeness (QED) is 0.330. The molecule has 8 heteroatoms. The standard InChI is InChI=1S/C17H24N4O2.C15H23NO/c1-6-18-15-8-10(2)7-13(11(15)3)16(22)19-9-14-12(4)21(5)20-17(14)23;1-16(14-8-4-3-5-9-14)12-13-7-6-10-15(11-13)17-2/h7-8,18H,6,9H2,1-5H3,(H,19,22)(H,20,23);6-7,10-11,14H,3-5,8-9,12H2,1-2H3. The average molecular weight is 550 g/mol. The topological polar surface area (TPSA) is 91.4 Å². The fourth-order valence-corrected chi connectivity index (χ4v) is 5.32. The molecule has 0 spiro atoms. The lowest BCUT2D eigenvalue weighted by molar-refractivity contribution is 0.0950. The molecule has 4 rings (SSSR count). The SMILES string of the molecule is CCNc1cc(C)cc(C(=O)NCc2c(C)n(C)[nH]c2=O)c1C.COc1cccc(CN(C)C2CCCCC2)c1. The van der Waals surface area contributed by atoms with Crippen LogP contribution in [-0.2, 0) is 20.1 Å². The number of nitrogens with zero attached hydrogens (tertiary/aromatic N) is 2. The number of hydrogen-bond donors (Lipinski definition) is 3. The number of anilines is 1. The normalized spacial score (nSPS) is 13.5. The van der Waals surface area contributed by atoms with Crippen LogP contribution in [0, 0.1) is 20.8 Å². The first-order valence-corrected chi connectivity index (χ1v) is 14.4. The Balaban J connectivity index is 0.000000230. The van der Waals surface area contributed by atoms with E-state index in [2.05, 4.69) is 45.9 Å². The van der Waals surface area contributed by atoms with Gasteiger partial charge in [0.15, 0.2) is 0 Å². The molecule has 0 bridgehead atoms. The van der Waals surface area contributed by atoms with Gasteiger partial charge in [-0.3, -0.25) is 24.3 Å². The van der Waals surface area contributed by atoms with Crippen LogP contribution < -0.4 is 20.9 Å². The monoisotopic (exact) mass is 549 g/mol. The third-order valence-corrected chi connectivity index (χ3v) is 7.84. The van der Waals surface area contributed by atoms with Crippen LogP contribution in [0.15, 0.2) is 41.2 Å². The molecule has 218 valence electrons. The second kappa shape index (κ2) is 14.7. The molecule has 8 nitrogen and oxygen atoms in total. The summed E-state index contributed by atoms with van der Waals surface area (Å²) in [6.07, 6.45) is 6.94. The van der Waals surface area contributed by atoms with Gasteiger partial charge in [0, 0.05) is 43.1 Å². The number of amides is 1. The summed E-state index contributed by atoms with van der Waals surface area (Å²) in [6.45, 7) is 9.79. The van der Waals surface area contributed by atoms with E-state index in [0.29, 0.717) is 11.1 Å². The smallest absolute Gasteiger partial charge is 0.269 e. The van der Waals surface area contributed by atoms with Crippen LogP contribution in [0.4, 0.5) is 5.69 Å². The largest absolute Gasteiger partial charge is 0.497 e. The van der Waals surface area contributed by atoms with Crippen molar-refractivity contribution in [2.75, 3.05) is 26.0 Å². The molecule has 40 heavy (non-hydrogen) atoms. The van der Waals surface area contributed by atoms with Gasteiger partial charge < -0.3 is 15.4 Å². The van der Waals surface area contributed by atoms with E-state index >= 15 is 0 Å². The van der Waals surface area contributed by atoms with Crippen molar-refractivity contribution in [3.05, 3.63) is 80.3 Å². The number of rotatable bonds is 9. The van der Waals surface area contributed by atoms with Crippen LogP contribution in [0.25, 0.3) is 0 Å². The lowest BCUT2D eigenvalue weighted by Gasteiger charge is -2.31. The third-order valence-electron chi connectivity index (χ3n) is 7.84. The van der Waals surface area contributed by atoms with Gasteiger partial charge in [-0.1, -0.05) is 31.4 Å². The van der Waals surface area contributed by atoms with E-state index < -0.39 is 0 Å². The summed E-state index contributed by atoms with van der Waals surface area (Å²) >= 11 is 0. The Labute approximate surface area is 239 Å². The number of methoxy groups -OCH3 is 1. The van der Waals surface area contributed by atoms with Crippen molar-refractivity contribution in [3.8, 4) is 5.75 Å². The number of nitrogens with one attached hydrogen (secondary N) is 3. The van der Waals surface area contributed by atoms with E-state index in [-0.39, 0.29) is 18.0 Å². The van der Waals surface area contributed by atoms with Gasteiger partial charge in [-0.05, 0) is 88.5 Å². The zero-order valence-corrected chi connectivity index (χ0v) is 25.3. The molecule has 1 saturated carbocycles. The van der Waals surface area contributed by atoms with E-state index in [1.807, 2.05) is 45.9 Å². The van der Waals surface area contributed by atoms with Crippen molar-refractivity contribution >= 4 is 11.6 Å². The maximum atomic E-state index is 12.5. The maximum absolute atomic E-state index is 12.5. The Kier molecular flexibility index (Phi) is 11.4. The van der Waals surface area contributed by atoms with Crippen molar-refractivity contribution in [1.29, 1.82) is 0 Å². The molecule has 1 fully saturated rings. The summed E-state index contributed by atoms with van der Waals surface area (Å²) in [5, 5.41) is 8.80. The van der Waals surface area contributed by atoms with Crippen LogP contribution in [0.5, 0.6) is 5.75 Å². The van der Waals surface area contributed by atoms with Crippen LogP contribution in [0.1, 0.15) is 77.3 Å². The molecule has 1 amide bonds. The molecule has 1 aliphatic rings. The molecule has 1 aromatic heterocycles. The van der Waals surface area contributed by atoms with Gasteiger partial charge in [0.1, 0.15) is 5.75 Å². The number of hydrogen-bond acceptors (Lipinski definition) is 5. The van der Waals surface area contributed by atoms with E-state index in [0.717, 1.165) is 47.4 Å². The summed E-state index contributed by atoms with van der Waals surface area (Å²) in [7, 11) is 5.74. The maximum Gasteiger partial charge on any atom is 0.269 e. The molecule has 3 aromatic rings. The Morgan fingerprint density at radius 3 is 2.48 bits per heavy atom. The number of aromatic amines is 1. The molecule has 1 aliphatic carbocycles. The Hall–Kier alpha value is -3.52. The molecule has 3 N–H and O–H groups in total. The number of ether oxygens (including phenoxy) is 1. The van der Waals surface area contributed by atoms with Crippen molar-refractivity contribution in [2.45, 2.75) is 78.9 Å². The van der Waals surface area contributed by atoms with E-state index in [1.165, 1.54) is 37.7 Å². The van der Waals surface area contributed by atoms with E-state index in [4.69, 9.17) is 4.74 Å². The molecule has 2 aromatic carbocycles. The summed E-state index contributed by atoms with van der Waals surface area (Å²) in [6, 6.07) is 13.1. The second-order valence-electron chi connectivity index (χ2n) is 10.8. The molecular formula is C32H47N5O3. The minimum Gasteiger partial charge on any atom is -0.497 e. The number of aromatic nitrogens is 2. The summed E-state index contributed by atoms with van der Waals surface area (Å²) in [5.74, 6) is 0.785. The van der Waals surface area contributed by atoms with Gasteiger partial charge in [-0.2, -0.15) is 0 Å². The van der Waals surface area contributed by atoms with Crippen LogP contribution in [-0.4, -0.2) is 47.3 Å². The molecule has 0 radical (unpaired) electrons. The van der Waals surface area contributed by atoms with Gasteiger partial charge in [0.25, 0.3) is 11.5 Å². The lowest BCUT2D eigenvalue weighted by Crippen LogP contribution is -2.32. The van der Waals surface area contributed by atoms with Crippen LogP contribution in [0.2, 0.25) is 0 Å². The number of benzene rings is 2. The summed E-state index contributed by atoms with van der Waals surface area (Å²) < 4.78 is 6.92. The van der Waals surface area contributed by atoms with E-state index in [1.54, 1.807) is 18.8 Å². The molecule has 1 heterocycles. The number of carbonyl (C=O) groups excluding carboxylic acids is 1. The van der Waals surface area contributed by atoms with Gasteiger partial charge in [0.2, 0.25) is 0 Å². The minimum atomic E-state index is -0.173. The molecule has 0 aliphatic heterocycles. The fourth-order valence-electron chi connectivity index (χ4n) is 5.32. The van der Waals surface area contributed by atoms with Crippen molar-refractivity contribution < 1.29 is 9.53 Å². The Morgan fingerprint density at radius 1 is 1.12 bits per heavy atom. The van der Waals surface area contributed by atoms with Crippen molar-refractivity contribution in [1.82, 2.24) is 20.0 Å². The zero-order valence-electron chi connectivity index (χ0n) is 25.3. The van der Waals surface area contributed by atoms with Crippen molar-refractivity contribution in [2.24, 2.45) is 7.05 Å². The summed E-state index contributed by atoms with van der Waals surface area (Å²) in [4.78, 5) is 26.8. The average Bonchev–Trinajstić information content (AvgIpc) is 3.20. The van der Waals surface area contributed by atoms with Gasteiger partial charge in [-0.25, -0.2) is 0 Å². The zero-order chi connectivity index (χ0) is 29.2.